The van der Waals surface area contributed by atoms with Crippen molar-refractivity contribution in [2.45, 2.75) is 19.9 Å². The number of aliphatic hydroxyl groups excluding tert-OH is 1. The summed E-state index contributed by atoms with van der Waals surface area (Å²) < 4.78 is 17.6. The van der Waals surface area contributed by atoms with E-state index in [4.69, 9.17) is 14.2 Å². The van der Waals surface area contributed by atoms with Gasteiger partial charge in [-0.2, -0.15) is 0 Å². The summed E-state index contributed by atoms with van der Waals surface area (Å²) in [6.07, 6.45) is 0. The molecule has 3 aromatic carbocycles. The minimum atomic E-state index is -1.01. The minimum absolute atomic E-state index is 0.0559. The molecule has 194 valence electrons. The van der Waals surface area contributed by atoms with E-state index in [2.05, 4.69) is 4.98 Å². The van der Waals surface area contributed by atoms with Crippen LogP contribution in [0, 0.1) is 6.92 Å². The number of fused-ring (bicyclic) bond motifs is 1. The van der Waals surface area contributed by atoms with E-state index in [1.54, 1.807) is 30.3 Å². The summed E-state index contributed by atoms with van der Waals surface area (Å²) in [7, 11) is 2.99. The molecular formula is C29H26N2O6S. The molecule has 1 atom stereocenters. The average Bonchev–Trinajstić information content (AvgIpc) is 3.45. The molecule has 9 heteroatoms. The molecule has 0 radical (unpaired) electrons. The van der Waals surface area contributed by atoms with E-state index >= 15 is 0 Å². The summed E-state index contributed by atoms with van der Waals surface area (Å²) in [4.78, 5) is 33.1. The molecule has 1 fully saturated rings. The Hall–Kier alpha value is -4.37. The Kier molecular flexibility index (Phi) is 6.77. The zero-order valence-electron chi connectivity index (χ0n) is 21.3. The van der Waals surface area contributed by atoms with E-state index in [9.17, 15) is 14.7 Å². The summed E-state index contributed by atoms with van der Waals surface area (Å²) in [5.74, 6) is -0.425. The number of rotatable bonds is 7. The maximum atomic E-state index is 13.6. The van der Waals surface area contributed by atoms with E-state index < -0.39 is 17.7 Å². The van der Waals surface area contributed by atoms with Gasteiger partial charge in [-0.15, -0.1) is 0 Å². The van der Waals surface area contributed by atoms with Crippen molar-refractivity contribution in [2.24, 2.45) is 0 Å². The van der Waals surface area contributed by atoms with Crippen LogP contribution >= 0.6 is 11.3 Å². The first-order valence-corrected chi connectivity index (χ1v) is 12.8. The molecule has 0 spiro atoms. The number of ether oxygens (including phenoxy) is 3. The molecule has 0 unspecified atom stereocenters. The van der Waals surface area contributed by atoms with Crippen molar-refractivity contribution in [3.63, 3.8) is 0 Å². The topological polar surface area (TPSA) is 98.2 Å². The number of nitrogens with zero attached hydrogens (tertiary/aromatic N) is 2. The number of hydrogen-bond acceptors (Lipinski definition) is 8. The number of methoxy groups -OCH3 is 2. The van der Waals surface area contributed by atoms with E-state index in [0.717, 1.165) is 10.3 Å². The largest absolute Gasteiger partial charge is 0.507 e. The third-order valence-electron chi connectivity index (χ3n) is 6.36. The number of aliphatic hydroxyl groups is 1. The fourth-order valence-corrected chi connectivity index (χ4v) is 5.59. The zero-order chi connectivity index (χ0) is 27.0. The van der Waals surface area contributed by atoms with E-state index in [1.165, 1.54) is 30.5 Å². The first kappa shape index (κ1) is 25.3. The van der Waals surface area contributed by atoms with Crippen molar-refractivity contribution in [3.05, 3.63) is 82.9 Å². The number of thiazole rings is 1. The molecule has 8 nitrogen and oxygen atoms in total. The van der Waals surface area contributed by atoms with Crippen LogP contribution in [0.4, 0.5) is 5.13 Å². The molecule has 0 aliphatic carbocycles. The number of ketones is 1. The molecule has 1 aliphatic rings. The van der Waals surface area contributed by atoms with Gasteiger partial charge in [-0.25, -0.2) is 4.98 Å². The van der Waals surface area contributed by atoms with Gasteiger partial charge in [0.1, 0.15) is 17.6 Å². The first-order valence-electron chi connectivity index (χ1n) is 12.0. The van der Waals surface area contributed by atoms with Crippen LogP contribution in [0.15, 0.2) is 66.2 Å². The molecular weight excluding hydrogens is 504 g/mol. The standard InChI is InChI=1S/C29H26N2O6S/c1-5-37-18-13-14-20-22(15-18)38-29(30-20)31-24(19-7-6-8-21(35-3)27(19)36-4)23(26(33)28(31)34)25(32)17-11-9-16(2)10-12-17/h6-15,24,32H,5H2,1-4H3/b25-23+/t24-/m0/s1. The lowest BCUT2D eigenvalue weighted by molar-refractivity contribution is -0.132. The molecule has 1 aliphatic heterocycles. The molecule has 1 aromatic heterocycles. The molecule has 2 heterocycles. The number of hydrogen-bond donors (Lipinski definition) is 1. The lowest BCUT2D eigenvalue weighted by atomic mass is 9.94. The van der Waals surface area contributed by atoms with Gasteiger partial charge in [0, 0.05) is 11.1 Å². The van der Waals surface area contributed by atoms with E-state index in [1.807, 2.05) is 44.2 Å². The van der Waals surface area contributed by atoms with Crippen LogP contribution < -0.4 is 19.1 Å². The number of para-hydroxylation sites is 1. The molecule has 38 heavy (non-hydrogen) atoms. The van der Waals surface area contributed by atoms with Crippen LogP contribution in [0.25, 0.3) is 16.0 Å². The second-order valence-electron chi connectivity index (χ2n) is 8.68. The van der Waals surface area contributed by atoms with Gasteiger partial charge in [0.2, 0.25) is 0 Å². The Morgan fingerprint density at radius 2 is 1.82 bits per heavy atom. The van der Waals surface area contributed by atoms with Gasteiger partial charge in [0.05, 0.1) is 36.6 Å². The van der Waals surface area contributed by atoms with Crippen LogP contribution in [-0.4, -0.2) is 42.6 Å². The highest BCUT2D eigenvalue weighted by atomic mass is 32.1. The molecule has 0 saturated carbocycles. The molecule has 1 N–H and O–H groups in total. The highest BCUT2D eigenvalue weighted by molar-refractivity contribution is 7.22. The van der Waals surface area contributed by atoms with E-state index in [-0.39, 0.29) is 11.3 Å². The lowest BCUT2D eigenvalue weighted by Gasteiger charge is -2.25. The zero-order valence-corrected chi connectivity index (χ0v) is 22.2. The lowest BCUT2D eigenvalue weighted by Crippen LogP contribution is -2.29. The number of aromatic nitrogens is 1. The van der Waals surface area contributed by atoms with Crippen molar-refractivity contribution in [3.8, 4) is 17.2 Å². The third-order valence-corrected chi connectivity index (χ3v) is 7.38. The minimum Gasteiger partial charge on any atom is -0.507 e. The molecule has 1 amide bonds. The van der Waals surface area contributed by atoms with E-state index in [0.29, 0.717) is 45.6 Å². The van der Waals surface area contributed by atoms with Gasteiger partial charge >= 0.3 is 5.91 Å². The first-order chi connectivity index (χ1) is 18.4. The Balaban J connectivity index is 1.75. The number of Topliss-reactive ketones (excluding diaryl/α,β-unsaturated/α-hetero) is 1. The second kappa shape index (κ2) is 10.2. The summed E-state index contributed by atoms with van der Waals surface area (Å²) in [5, 5.41) is 11.7. The fourth-order valence-electron chi connectivity index (χ4n) is 4.57. The number of carbonyl (C=O) groups excluding carboxylic acids is 2. The number of carbonyl (C=O) groups is 2. The molecule has 0 bridgehead atoms. The highest BCUT2D eigenvalue weighted by Gasteiger charge is 2.49. The second-order valence-corrected chi connectivity index (χ2v) is 9.69. The highest BCUT2D eigenvalue weighted by Crippen LogP contribution is 2.48. The number of benzene rings is 3. The Labute approximate surface area is 223 Å². The number of amides is 1. The summed E-state index contributed by atoms with van der Waals surface area (Å²) >= 11 is 1.26. The van der Waals surface area contributed by atoms with Crippen LogP contribution in [0.1, 0.15) is 29.7 Å². The maximum absolute atomic E-state index is 13.6. The Bertz CT molecular complexity index is 1570. The van der Waals surface area contributed by atoms with Crippen LogP contribution in [0.3, 0.4) is 0 Å². The molecule has 4 aromatic rings. The predicted octanol–water partition coefficient (Wildman–Crippen LogP) is 5.65. The van der Waals surface area contributed by atoms with Crippen LogP contribution in [-0.2, 0) is 9.59 Å². The van der Waals surface area contributed by atoms with Gasteiger partial charge in [0.25, 0.3) is 5.78 Å². The van der Waals surface area contributed by atoms with Crippen LogP contribution in [0.5, 0.6) is 17.2 Å². The molecule has 1 saturated heterocycles. The van der Waals surface area contributed by atoms with Gasteiger partial charge < -0.3 is 19.3 Å². The SMILES string of the molecule is CCOc1ccc2nc(N3C(=O)C(=O)/C(=C(/O)c4ccc(C)cc4)[C@@H]3c3cccc(OC)c3OC)sc2c1. The van der Waals surface area contributed by atoms with Crippen LogP contribution in [0.2, 0.25) is 0 Å². The smallest absolute Gasteiger partial charge is 0.301 e. The van der Waals surface area contributed by atoms with Crippen molar-refractivity contribution in [1.29, 1.82) is 0 Å². The number of aryl methyl sites for hydroxylation is 1. The predicted molar refractivity (Wildman–Crippen MR) is 146 cm³/mol. The Morgan fingerprint density at radius 1 is 1.05 bits per heavy atom. The van der Waals surface area contributed by atoms with Crippen molar-refractivity contribution in [1.82, 2.24) is 4.98 Å². The summed E-state index contributed by atoms with van der Waals surface area (Å²) in [6.45, 7) is 4.34. The average molecular weight is 531 g/mol. The fraction of sp³-hybridized carbons (Fsp3) is 0.207. The van der Waals surface area contributed by atoms with Gasteiger partial charge in [-0.1, -0.05) is 53.3 Å². The van der Waals surface area contributed by atoms with Crippen molar-refractivity contribution < 1.29 is 28.9 Å². The number of anilines is 1. The normalized spacial score (nSPS) is 16.7. The van der Waals surface area contributed by atoms with Gasteiger partial charge in [-0.05, 0) is 38.1 Å². The quantitative estimate of drug-likeness (QED) is 0.187. The monoisotopic (exact) mass is 530 g/mol. The summed E-state index contributed by atoms with van der Waals surface area (Å²) in [6, 6.07) is 16.8. The van der Waals surface area contributed by atoms with Crippen molar-refractivity contribution >= 4 is 44.1 Å². The third kappa shape index (κ3) is 4.24. The maximum Gasteiger partial charge on any atom is 0.301 e. The Morgan fingerprint density at radius 3 is 2.50 bits per heavy atom. The van der Waals surface area contributed by atoms with Crippen molar-refractivity contribution in [2.75, 3.05) is 25.7 Å². The molecule has 5 rings (SSSR count). The van der Waals surface area contributed by atoms with Gasteiger partial charge in [-0.3, -0.25) is 14.5 Å². The van der Waals surface area contributed by atoms with Gasteiger partial charge in [0.15, 0.2) is 16.6 Å². The summed E-state index contributed by atoms with van der Waals surface area (Å²) in [5.41, 5.74) is 2.50.